The van der Waals surface area contributed by atoms with Crippen LogP contribution in [0.25, 0.3) is 0 Å². The number of ether oxygens (including phenoxy) is 1. The number of hydrogen-bond acceptors (Lipinski definition) is 4. The van der Waals surface area contributed by atoms with Gasteiger partial charge in [0, 0.05) is 19.6 Å². The summed E-state index contributed by atoms with van der Waals surface area (Å²) in [5.74, 6) is 0.829. The van der Waals surface area contributed by atoms with Crippen molar-refractivity contribution < 1.29 is 9.84 Å². The number of aryl methyl sites for hydroxylation is 1. The molecule has 1 fully saturated rings. The second-order valence-corrected chi connectivity index (χ2v) is 4.83. The molecule has 1 aliphatic heterocycles. The van der Waals surface area contributed by atoms with Gasteiger partial charge in [-0.15, -0.1) is 0 Å². The molecular formula is C12H21N3O2. The molecule has 17 heavy (non-hydrogen) atoms. The first-order chi connectivity index (χ1) is 8.15. The third-order valence-electron chi connectivity index (χ3n) is 3.58. The van der Waals surface area contributed by atoms with Gasteiger partial charge in [-0.25, -0.2) is 4.98 Å². The number of nitrogens with zero attached hydrogens (tertiary/aromatic N) is 3. The monoisotopic (exact) mass is 239 g/mol. The zero-order valence-electron chi connectivity index (χ0n) is 10.6. The number of hydrogen-bond donors (Lipinski definition) is 1. The van der Waals surface area contributed by atoms with Crippen LogP contribution in [0.15, 0.2) is 6.33 Å². The maximum Gasteiger partial charge on any atom is 0.138 e. The molecule has 2 atom stereocenters. The van der Waals surface area contributed by atoms with Crippen molar-refractivity contribution in [2.45, 2.75) is 57.8 Å². The molecule has 0 saturated carbocycles. The average Bonchev–Trinajstić information content (AvgIpc) is 2.77. The zero-order chi connectivity index (χ0) is 12.3. The molecule has 2 heterocycles. The first-order valence-corrected chi connectivity index (χ1v) is 6.34. The van der Waals surface area contributed by atoms with Crippen molar-refractivity contribution in [1.29, 1.82) is 0 Å². The normalized spacial score (nSPS) is 27.0. The Morgan fingerprint density at radius 3 is 3.06 bits per heavy atom. The number of aliphatic hydroxyl groups is 1. The van der Waals surface area contributed by atoms with Gasteiger partial charge in [0.2, 0.25) is 0 Å². The highest BCUT2D eigenvalue weighted by atomic mass is 16.5. The van der Waals surface area contributed by atoms with Gasteiger partial charge < -0.3 is 9.84 Å². The fourth-order valence-electron chi connectivity index (χ4n) is 2.32. The molecule has 5 nitrogen and oxygen atoms in total. The van der Waals surface area contributed by atoms with Gasteiger partial charge in [0.15, 0.2) is 0 Å². The van der Waals surface area contributed by atoms with E-state index in [1.54, 1.807) is 0 Å². The number of aromatic nitrogens is 3. The average molecular weight is 239 g/mol. The molecular weight excluding hydrogens is 218 g/mol. The van der Waals surface area contributed by atoms with Gasteiger partial charge in [-0.3, -0.25) is 4.68 Å². The summed E-state index contributed by atoms with van der Waals surface area (Å²) in [5.41, 5.74) is -0.428. The first-order valence-electron chi connectivity index (χ1n) is 6.34. The van der Waals surface area contributed by atoms with Crippen LogP contribution in [0.4, 0.5) is 0 Å². The molecule has 96 valence electrons. The van der Waals surface area contributed by atoms with Crippen LogP contribution in [0.1, 0.15) is 38.9 Å². The molecule has 1 N–H and O–H groups in total. The van der Waals surface area contributed by atoms with Crippen LogP contribution < -0.4 is 0 Å². The lowest BCUT2D eigenvalue weighted by Crippen LogP contribution is -2.46. The highest BCUT2D eigenvalue weighted by Crippen LogP contribution is 2.29. The second kappa shape index (κ2) is 5.14. The van der Waals surface area contributed by atoms with E-state index in [1.807, 2.05) is 18.5 Å². The van der Waals surface area contributed by atoms with Gasteiger partial charge in [-0.2, -0.15) is 5.10 Å². The molecule has 2 unspecified atom stereocenters. The molecule has 2 rings (SSSR count). The fourth-order valence-corrected chi connectivity index (χ4v) is 2.32. The lowest BCUT2D eigenvalue weighted by molar-refractivity contribution is -0.136. The van der Waals surface area contributed by atoms with Gasteiger partial charge >= 0.3 is 0 Å². The molecule has 1 aromatic rings. The van der Waals surface area contributed by atoms with Crippen LogP contribution in [0.2, 0.25) is 0 Å². The lowest BCUT2D eigenvalue weighted by atomic mass is 9.88. The van der Waals surface area contributed by atoms with E-state index < -0.39 is 11.7 Å². The van der Waals surface area contributed by atoms with E-state index in [0.717, 1.165) is 38.2 Å². The van der Waals surface area contributed by atoms with Gasteiger partial charge in [0.25, 0.3) is 0 Å². The summed E-state index contributed by atoms with van der Waals surface area (Å²) in [4.78, 5) is 4.19. The molecule has 5 heteroatoms. The van der Waals surface area contributed by atoms with Crippen LogP contribution in [-0.4, -0.2) is 38.2 Å². The van der Waals surface area contributed by atoms with E-state index >= 15 is 0 Å². The summed E-state index contributed by atoms with van der Waals surface area (Å²) < 4.78 is 7.56. The van der Waals surface area contributed by atoms with Crippen molar-refractivity contribution in [2.75, 3.05) is 6.61 Å². The molecule has 0 aromatic carbocycles. The molecule has 1 saturated heterocycles. The number of rotatable bonds is 4. The Morgan fingerprint density at radius 1 is 1.59 bits per heavy atom. The van der Waals surface area contributed by atoms with Crippen molar-refractivity contribution in [3.8, 4) is 0 Å². The van der Waals surface area contributed by atoms with E-state index in [2.05, 4.69) is 10.1 Å². The predicted molar refractivity (Wildman–Crippen MR) is 63.6 cm³/mol. The molecule has 1 aromatic heterocycles. The summed E-state index contributed by atoms with van der Waals surface area (Å²) in [6, 6.07) is 0. The number of aliphatic hydroxyl groups excluding tert-OH is 1. The van der Waals surface area contributed by atoms with E-state index in [9.17, 15) is 5.11 Å². The van der Waals surface area contributed by atoms with Gasteiger partial charge in [-0.05, 0) is 33.1 Å². The Kier molecular flexibility index (Phi) is 3.79. The van der Waals surface area contributed by atoms with E-state index in [0.29, 0.717) is 6.42 Å². The van der Waals surface area contributed by atoms with Gasteiger partial charge in [0.05, 0.1) is 11.7 Å². The quantitative estimate of drug-likeness (QED) is 0.856. The maximum absolute atomic E-state index is 10.3. The molecule has 1 aliphatic rings. The first kappa shape index (κ1) is 12.5. The smallest absolute Gasteiger partial charge is 0.138 e. The van der Waals surface area contributed by atoms with Crippen molar-refractivity contribution in [2.24, 2.45) is 0 Å². The van der Waals surface area contributed by atoms with Crippen LogP contribution in [-0.2, 0) is 17.7 Å². The van der Waals surface area contributed by atoms with Crippen molar-refractivity contribution in [1.82, 2.24) is 14.8 Å². The summed E-state index contributed by atoms with van der Waals surface area (Å²) in [5, 5.41) is 14.4. The summed E-state index contributed by atoms with van der Waals surface area (Å²) in [7, 11) is 0. The van der Waals surface area contributed by atoms with Gasteiger partial charge in [-0.1, -0.05) is 0 Å². The van der Waals surface area contributed by atoms with Crippen LogP contribution in [0.5, 0.6) is 0 Å². The fraction of sp³-hybridized carbons (Fsp3) is 0.833. The highest BCUT2D eigenvalue weighted by molar-refractivity contribution is 4.95. The Bertz CT molecular complexity index is 358. The SMILES string of the molecule is CCn1ncnc1CC(O)C1(C)CCCCO1. The minimum absolute atomic E-state index is 0.428. The van der Waals surface area contributed by atoms with Gasteiger partial charge in [0.1, 0.15) is 12.2 Å². The van der Waals surface area contributed by atoms with E-state index in [4.69, 9.17) is 4.74 Å². The van der Waals surface area contributed by atoms with E-state index in [-0.39, 0.29) is 0 Å². The van der Waals surface area contributed by atoms with Crippen molar-refractivity contribution >= 4 is 0 Å². The molecule has 0 aliphatic carbocycles. The second-order valence-electron chi connectivity index (χ2n) is 4.83. The topological polar surface area (TPSA) is 60.2 Å². The third-order valence-corrected chi connectivity index (χ3v) is 3.58. The van der Waals surface area contributed by atoms with Crippen LogP contribution >= 0.6 is 0 Å². The van der Waals surface area contributed by atoms with Crippen LogP contribution in [0.3, 0.4) is 0 Å². The standard InChI is InChI=1S/C12H21N3O2/c1-3-15-11(13-9-14-15)8-10(16)12(2)6-4-5-7-17-12/h9-10,16H,3-8H2,1-2H3. The summed E-state index contributed by atoms with van der Waals surface area (Å²) >= 11 is 0. The lowest BCUT2D eigenvalue weighted by Gasteiger charge is -2.37. The Labute approximate surface area is 102 Å². The minimum Gasteiger partial charge on any atom is -0.390 e. The molecule has 0 amide bonds. The Balaban J connectivity index is 2.02. The minimum atomic E-state index is -0.516. The Hall–Kier alpha value is -0.940. The molecule has 0 spiro atoms. The van der Waals surface area contributed by atoms with Crippen LogP contribution in [0, 0.1) is 0 Å². The molecule has 0 bridgehead atoms. The predicted octanol–water partition coefficient (Wildman–Crippen LogP) is 1.16. The highest BCUT2D eigenvalue weighted by Gasteiger charge is 2.36. The maximum atomic E-state index is 10.3. The van der Waals surface area contributed by atoms with E-state index in [1.165, 1.54) is 6.33 Å². The zero-order valence-corrected chi connectivity index (χ0v) is 10.6. The Morgan fingerprint density at radius 2 is 2.41 bits per heavy atom. The molecule has 0 radical (unpaired) electrons. The largest absolute Gasteiger partial charge is 0.390 e. The third kappa shape index (κ3) is 2.66. The van der Waals surface area contributed by atoms with Crippen molar-refractivity contribution in [3.63, 3.8) is 0 Å². The summed E-state index contributed by atoms with van der Waals surface area (Å²) in [6.45, 7) is 5.53. The summed E-state index contributed by atoms with van der Waals surface area (Å²) in [6.07, 6.45) is 4.65. The van der Waals surface area contributed by atoms with Crippen molar-refractivity contribution in [3.05, 3.63) is 12.2 Å².